The van der Waals surface area contributed by atoms with E-state index < -0.39 is 17.9 Å². The molecule has 33 heavy (non-hydrogen) atoms. The minimum atomic E-state index is -0.854. The van der Waals surface area contributed by atoms with Crippen LogP contribution in [0.4, 0.5) is 5.69 Å². The Morgan fingerprint density at radius 1 is 0.939 bits per heavy atom. The second kappa shape index (κ2) is 11.8. The standard InChI is InChI=1S/C28H29NO4/c1-3-26(20(2)30)27(31)19-22(18-21-10-6-4-7-11-21)28(32)29-23-14-16-25(17-15-23)33-24-12-8-5-9-13-24/h3-17,20,22,26,30H,1,18-19H2,2H3,(H,29,32)/t20-,22-,26+/m1/s1. The maximum absolute atomic E-state index is 13.1. The van der Waals surface area contributed by atoms with E-state index in [2.05, 4.69) is 11.9 Å². The number of ether oxygens (including phenoxy) is 1. The summed E-state index contributed by atoms with van der Waals surface area (Å²) in [5.41, 5.74) is 1.57. The van der Waals surface area contributed by atoms with Crippen LogP contribution in [0.3, 0.4) is 0 Å². The third kappa shape index (κ3) is 7.16. The zero-order valence-electron chi connectivity index (χ0n) is 18.7. The van der Waals surface area contributed by atoms with Crippen molar-refractivity contribution in [3.05, 3.63) is 103 Å². The van der Waals surface area contributed by atoms with Crippen LogP contribution in [0.5, 0.6) is 11.5 Å². The summed E-state index contributed by atoms with van der Waals surface area (Å²) in [5, 5.41) is 12.8. The highest BCUT2D eigenvalue weighted by Crippen LogP contribution is 2.24. The number of hydrogen-bond acceptors (Lipinski definition) is 4. The molecule has 3 rings (SSSR count). The first kappa shape index (κ1) is 24.0. The van der Waals surface area contributed by atoms with Crippen LogP contribution in [0, 0.1) is 11.8 Å². The Kier molecular flexibility index (Phi) is 8.56. The fourth-order valence-electron chi connectivity index (χ4n) is 3.61. The number of aliphatic hydroxyl groups is 1. The van der Waals surface area contributed by atoms with Crippen molar-refractivity contribution in [2.75, 3.05) is 5.32 Å². The van der Waals surface area contributed by atoms with E-state index in [1.54, 1.807) is 31.2 Å². The van der Waals surface area contributed by atoms with Gasteiger partial charge in [0.2, 0.25) is 5.91 Å². The lowest BCUT2D eigenvalue weighted by atomic mass is 9.87. The average Bonchev–Trinajstić information content (AvgIpc) is 2.81. The Bertz CT molecular complexity index is 1050. The third-order valence-electron chi connectivity index (χ3n) is 5.39. The van der Waals surface area contributed by atoms with Crippen molar-refractivity contribution in [1.29, 1.82) is 0 Å². The number of carbonyl (C=O) groups is 2. The van der Waals surface area contributed by atoms with Gasteiger partial charge in [-0.2, -0.15) is 0 Å². The highest BCUT2D eigenvalue weighted by Gasteiger charge is 2.27. The first-order valence-electron chi connectivity index (χ1n) is 11.0. The van der Waals surface area contributed by atoms with Crippen molar-refractivity contribution in [2.24, 2.45) is 11.8 Å². The largest absolute Gasteiger partial charge is 0.457 e. The van der Waals surface area contributed by atoms with Crippen LogP contribution in [-0.2, 0) is 16.0 Å². The lowest BCUT2D eigenvalue weighted by Gasteiger charge is -2.20. The van der Waals surface area contributed by atoms with Gasteiger partial charge in [0.1, 0.15) is 17.3 Å². The Morgan fingerprint density at radius 3 is 2.09 bits per heavy atom. The number of benzene rings is 3. The molecule has 0 bridgehead atoms. The van der Waals surface area contributed by atoms with Crippen LogP contribution in [0.25, 0.3) is 0 Å². The highest BCUT2D eigenvalue weighted by atomic mass is 16.5. The number of Topliss-reactive ketones (excluding diaryl/α,β-unsaturated/α-hetero) is 1. The molecule has 5 heteroatoms. The SMILES string of the molecule is C=C[C@H](C(=O)C[C@@H](Cc1ccccc1)C(=O)Nc1ccc(Oc2ccccc2)cc1)[C@@H](C)O. The monoisotopic (exact) mass is 443 g/mol. The molecule has 0 radical (unpaired) electrons. The normalized spacial score (nSPS) is 13.4. The van der Waals surface area contributed by atoms with Gasteiger partial charge in [-0.3, -0.25) is 9.59 Å². The van der Waals surface area contributed by atoms with Crippen molar-refractivity contribution >= 4 is 17.4 Å². The van der Waals surface area contributed by atoms with Crippen LogP contribution in [0.15, 0.2) is 97.6 Å². The zero-order valence-corrected chi connectivity index (χ0v) is 18.7. The number of amides is 1. The first-order chi connectivity index (χ1) is 16.0. The molecule has 0 saturated heterocycles. The van der Waals surface area contributed by atoms with Crippen LogP contribution < -0.4 is 10.1 Å². The average molecular weight is 444 g/mol. The van der Waals surface area contributed by atoms with Crippen LogP contribution >= 0.6 is 0 Å². The summed E-state index contributed by atoms with van der Waals surface area (Å²) in [6.45, 7) is 5.20. The minimum absolute atomic E-state index is 0.0114. The Morgan fingerprint density at radius 2 is 1.52 bits per heavy atom. The second-order valence-corrected chi connectivity index (χ2v) is 7.99. The predicted octanol–water partition coefficient (Wildman–Crippen LogP) is 5.42. The van der Waals surface area contributed by atoms with Crippen molar-refractivity contribution < 1.29 is 19.4 Å². The van der Waals surface area contributed by atoms with Crippen LogP contribution in [0.2, 0.25) is 0 Å². The summed E-state index contributed by atoms with van der Waals surface area (Å²) >= 11 is 0. The topological polar surface area (TPSA) is 75.6 Å². The molecule has 0 fully saturated rings. The fourth-order valence-corrected chi connectivity index (χ4v) is 3.61. The summed E-state index contributed by atoms with van der Waals surface area (Å²) in [6.07, 6.45) is 1.01. The van der Waals surface area contributed by atoms with Gasteiger partial charge in [0.15, 0.2) is 0 Å². The number of hydrogen-bond donors (Lipinski definition) is 2. The van der Waals surface area contributed by atoms with Crippen molar-refractivity contribution in [3.8, 4) is 11.5 Å². The molecule has 0 saturated carbocycles. The van der Waals surface area contributed by atoms with Crippen LogP contribution in [-0.4, -0.2) is 22.9 Å². The van der Waals surface area contributed by atoms with Crippen molar-refractivity contribution in [2.45, 2.75) is 25.9 Å². The van der Waals surface area contributed by atoms with Gasteiger partial charge < -0.3 is 15.2 Å². The Balaban J connectivity index is 1.70. The summed E-state index contributed by atoms with van der Waals surface area (Å²) in [4.78, 5) is 25.9. The molecule has 5 nitrogen and oxygen atoms in total. The fraction of sp³-hybridized carbons (Fsp3) is 0.214. The van der Waals surface area contributed by atoms with Gasteiger partial charge in [0, 0.05) is 18.0 Å². The van der Waals surface area contributed by atoms with Crippen molar-refractivity contribution in [3.63, 3.8) is 0 Å². The van der Waals surface area contributed by atoms with E-state index >= 15 is 0 Å². The number of aliphatic hydroxyl groups excluding tert-OH is 1. The van der Waals surface area contributed by atoms with E-state index in [1.165, 1.54) is 6.08 Å². The van der Waals surface area contributed by atoms with Gasteiger partial charge in [-0.05, 0) is 55.3 Å². The number of ketones is 1. The quantitative estimate of drug-likeness (QED) is 0.388. The zero-order chi connectivity index (χ0) is 23.6. The smallest absolute Gasteiger partial charge is 0.228 e. The molecular formula is C28H29NO4. The van der Waals surface area contributed by atoms with Gasteiger partial charge >= 0.3 is 0 Å². The maximum atomic E-state index is 13.1. The van der Waals surface area contributed by atoms with Crippen molar-refractivity contribution in [1.82, 2.24) is 0 Å². The van der Waals surface area contributed by atoms with E-state index in [9.17, 15) is 14.7 Å². The molecular weight excluding hydrogens is 414 g/mol. The summed E-state index contributed by atoms with van der Waals surface area (Å²) in [7, 11) is 0. The number of rotatable bonds is 11. The lowest BCUT2D eigenvalue weighted by molar-refractivity contribution is -0.129. The molecule has 3 atom stereocenters. The molecule has 0 heterocycles. The minimum Gasteiger partial charge on any atom is -0.457 e. The number of anilines is 1. The molecule has 0 aliphatic carbocycles. The molecule has 2 N–H and O–H groups in total. The van der Waals surface area contributed by atoms with Gasteiger partial charge in [-0.25, -0.2) is 0 Å². The van der Waals surface area contributed by atoms with E-state index in [0.29, 0.717) is 17.9 Å². The van der Waals surface area contributed by atoms with E-state index in [1.807, 2.05) is 60.7 Å². The molecule has 0 aliphatic rings. The van der Waals surface area contributed by atoms with Crippen LogP contribution in [0.1, 0.15) is 18.9 Å². The maximum Gasteiger partial charge on any atom is 0.228 e. The first-order valence-corrected chi connectivity index (χ1v) is 11.0. The number of carbonyl (C=O) groups excluding carboxylic acids is 2. The van der Waals surface area contributed by atoms with E-state index in [0.717, 1.165) is 11.3 Å². The van der Waals surface area contributed by atoms with E-state index in [4.69, 9.17) is 4.74 Å². The molecule has 0 unspecified atom stereocenters. The van der Waals surface area contributed by atoms with E-state index in [-0.39, 0.29) is 18.1 Å². The molecule has 0 aromatic heterocycles. The number of nitrogens with one attached hydrogen (secondary N) is 1. The van der Waals surface area contributed by atoms with Gasteiger partial charge in [0.05, 0.1) is 12.0 Å². The predicted molar refractivity (Wildman–Crippen MR) is 130 cm³/mol. The molecule has 170 valence electrons. The molecule has 0 spiro atoms. The Hall–Kier alpha value is -3.70. The molecule has 3 aromatic rings. The summed E-state index contributed by atoms with van der Waals surface area (Å²) < 4.78 is 5.79. The highest BCUT2D eigenvalue weighted by molar-refractivity contribution is 5.96. The summed E-state index contributed by atoms with van der Waals surface area (Å²) in [5.74, 6) is -0.363. The van der Waals surface area contributed by atoms with Gasteiger partial charge in [-0.1, -0.05) is 54.6 Å². The Labute approximate surface area is 194 Å². The molecule has 3 aromatic carbocycles. The molecule has 0 aliphatic heterocycles. The third-order valence-corrected chi connectivity index (χ3v) is 5.39. The van der Waals surface area contributed by atoms with Gasteiger partial charge in [-0.15, -0.1) is 6.58 Å². The number of para-hydroxylation sites is 1. The summed E-state index contributed by atoms with van der Waals surface area (Å²) in [6, 6.07) is 26.1. The second-order valence-electron chi connectivity index (χ2n) is 7.99. The molecule has 1 amide bonds. The lowest BCUT2D eigenvalue weighted by Crippen LogP contribution is -2.31. The van der Waals surface area contributed by atoms with Gasteiger partial charge in [0.25, 0.3) is 0 Å².